The maximum absolute atomic E-state index is 12.5. The summed E-state index contributed by atoms with van der Waals surface area (Å²) in [6.07, 6.45) is 5.15. The fourth-order valence-corrected chi connectivity index (χ4v) is 3.02. The van der Waals surface area contributed by atoms with Gasteiger partial charge in [0.1, 0.15) is 0 Å². The van der Waals surface area contributed by atoms with Crippen LogP contribution in [0.5, 0.6) is 0 Å². The first-order valence-electron chi connectivity index (χ1n) is 7.43. The average molecular weight is 299 g/mol. The Morgan fingerprint density at radius 2 is 1.64 bits per heavy atom. The van der Waals surface area contributed by atoms with Gasteiger partial charge in [-0.2, -0.15) is 0 Å². The number of imide groups is 1. The predicted molar refractivity (Wildman–Crippen MR) is 80.2 cm³/mol. The molecule has 0 radical (unpaired) electrons. The summed E-state index contributed by atoms with van der Waals surface area (Å²) < 4.78 is 4.92. The van der Waals surface area contributed by atoms with Crippen molar-refractivity contribution >= 4 is 23.5 Å². The summed E-state index contributed by atoms with van der Waals surface area (Å²) in [6, 6.07) is 6.39. The lowest BCUT2D eigenvalue weighted by atomic mass is 9.85. The Hall–Kier alpha value is -2.43. The Bertz CT molecular complexity index is 621. The summed E-state index contributed by atoms with van der Waals surface area (Å²) in [4.78, 5) is 37.8. The van der Waals surface area contributed by atoms with E-state index >= 15 is 0 Å². The number of benzene rings is 1. The molecule has 1 saturated heterocycles. The maximum Gasteiger partial charge on any atom is 0.338 e. The molecule has 1 aliphatic heterocycles. The van der Waals surface area contributed by atoms with Crippen molar-refractivity contribution in [3.8, 4) is 0 Å². The summed E-state index contributed by atoms with van der Waals surface area (Å²) in [7, 11) is 0. The topological polar surface area (TPSA) is 63.7 Å². The Labute approximate surface area is 128 Å². The lowest BCUT2D eigenvalue weighted by Crippen LogP contribution is -2.30. The van der Waals surface area contributed by atoms with E-state index in [4.69, 9.17) is 4.74 Å². The number of ether oxygens (including phenoxy) is 1. The summed E-state index contributed by atoms with van der Waals surface area (Å²) in [6.45, 7) is 2.05. The zero-order chi connectivity index (χ0) is 15.7. The fourth-order valence-electron chi connectivity index (χ4n) is 3.02. The first-order valence-corrected chi connectivity index (χ1v) is 7.43. The number of nitrogens with zero attached hydrogens (tertiary/aromatic N) is 1. The molecule has 2 atom stereocenters. The lowest BCUT2D eigenvalue weighted by molar-refractivity contribution is -0.122. The van der Waals surface area contributed by atoms with Crippen LogP contribution in [0.15, 0.2) is 36.4 Å². The van der Waals surface area contributed by atoms with E-state index in [1.165, 1.54) is 4.90 Å². The molecule has 0 spiro atoms. The maximum atomic E-state index is 12.5. The van der Waals surface area contributed by atoms with Crippen LogP contribution in [0.2, 0.25) is 0 Å². The van der Waals surface area contributed by atoms with Crippen LogP contribution in [0.4, 0.5) is 5.69 Å². The van der Waals surface area contributed by atoms with Gasteiger partial charge in [-0.05, 0) is 44.0 Å². The van der Waals surface area contributed by atoms with Crippen LogP contribution >= 0.6 is 0 Å². The molecule has 2 amide bonds. The predicted octanol–water partition coefficient (Wildman–Crippen LogP) is 2.32. The number of fused-ring (bicyclic) bond motifs is 1. The molecule has 1 aromatic carbocycles. The highest BCUT2D eigenvalue weighted by atomic mass is 16.5. The van der Waals surface area contributed by atoms with E-state index in [0.29, 0.717) is 30.7 Å². The molecule has 5 heteroatoms. The highest BCUT2D eigenvalue weighted by Gasteiger charge is 2.47. The van der Waals surface area contributed by atoms with Crippen LogP contribution in [0.25, 0.3) is 0 Å². The minimum absolute atomic E-state index is 0.150. The number of amides is 2. The summed E-state index contributed by atoms with van der Waals surface area (Å²) >= 11 is 0. The smallest absolute Gasteiger partial charge is 0.338 e. The van der Waals surface area contributed by atoms with Crippen molar-refractivity contribution in [2.75, 3.05) is 11.5 Å². The van der Waals surface area contributed by atoms with Gasteiger partial charge in [-0.15, -0.1) is 0 Å². The van der Waals surface area contributed by atoms with Gasteiger partial charge < -0.3 is 4.74 Å². The van der Waals surface area contributed by atoms with Crippen LogP contribution in [0.3, 0.4) is 0 Å². The number of carbonyl (C=O) groups is 3. The van der Waals surface area contributed by atoms with E-state index in [1.807, 2.05) is 12.2 Å². The number of esters is 1. The molecule has 1 heterocycles. The van der Waals surface area contributed by atoms with Crippen molar-refractivity contribution in [1.29, 1.82) is 0 Å². The number of hydrogen-bond acceptors (Lipinski definition) is 4. The SMILES string of the molecule is CCOC(=O)c1ccc(N2C(=O)[C@@H]3CC=CC[C@H]3C2=O)cc1. The third-order valence-electron chi connectivity index (χ3n) is 4.14. The largest absolute Gasteiger partial charge is 0.462 e. The lowest BCUT2D eigenvalue weighted by Gasteiger charge is -2.15. The van der Waals surface area contributed by atoms with E-state index in [-0.39, 0.29) is 23.7 Å². The zero-order valence-corrected chi connectivity index (χ0v) is 12.3. The molecule has 0 bridgehead atoms. The minimum Gasteiger partial charge on any atom is -0.462 e. The van der Waals surface area contributed by atoms with Gasteiger partial charge in [-0.3, -0.25) is 14.5 Å². The Morgan fingerprint density at radius 1 is 1.09 bits per heavy atom. The molecule has 22 heavy (non-hydrogen) atoms. The first-order chi connectivity index (χ1) is 10.6. The highest BCUT2D eigenvalue weighted by Crippen LogP contribution is 2.37. The number of rotatable bonds is 3. The van der Waals surface area contributed by atoms with Crippen molar-refractivity contribution in [1.82, 2.24) is 0 Å². The Morgan fingerprint density at radius 3 is 2.14 bits per heavy atom. The second-order valence-corrected chi connectivity index (χ2v) is 5.44. The van der Waals surface area contributed by atoms with Crippen molar-refractivity contribution in [2.45, 2.75) is 19.8 Å². The zero-order valence-electron chi connectivity index (χ0n) is 12.3. The summed E-state index contributed by atoms with van der Waals surface area (Å²) in [5.41, 5.74) is 0.918. The Kier molecular flexibility index (Phi) is 3.79. The van der Waals surface area contributed by atoms with E-state index in [9.17, 15) is 14.4 Å². The quantitative estimate of drug-likeness (QED) is 0.488. The van der Waals surface area contributed by atoms with Crippen molar-refractivity contribution in [3.05, 3.63) is 42.0 Å². The van der Waals surface area contributed by atoms with Gasteiger partial charge in [-0.1, -0.05) is 12.2 Å². The van der Waals surface area contributed by atoms with Gasteiger partial charge in [0.05, 0.1) is 29.7 Å². The second-order valence-electron chi connectivity index (χ2n) is 5.44. The van der Waals surface area contributed by atoms with Gasteiger partial charge in [0.25, 0.3) is 0 Å². The van der Waals surface area contributed by atoms with Crippen LogP contribution in [0, 0.1) is 11.8 Å². The summed E-state index contributed by atoms with van der Waals surface area (Å²) in [5.74, 6) is -1.21. The third-order valence-corrected chi connectivity index (χ3v) is 4.14. The van der Waals surface area contributed by atoms with E-state index in [2.05, 4.69) is 0 Å². The molecule has 1 fully saturated rings. The summed E-state index contributed by atoms with van der Waals surface area (Å²) in [5, 5.41) is 0. The molecule has 0 unspecified atom stereocenters. The molecule has 0 saturated carbocycles. The molecule has 0 aromatic heterocycles. The van der Waals surface area contributed by atoms with Crippen LogP contribution < -0.4 is 4.90 Å². The van der Waals surface area contributed by atoms with Gasteiger partial charge in [0, 0.05) is 0 Å². The van der Waals surface area contributed by atoms with Crippen LogP contribution in [-0.2, 0) is 14.3 Å². The Balaban J connectivity index is 1.84. The van der Waals surface area contributed by atoms with E-state index < -0.39 is 5.97 Å². The molecule has 1 aliphatic carbocycles. The monoisotopic (exact) mass is 299 g/mol. The van der Waals surface area contributed by atoms with Gasteiger partial charge in [0.15, 0.2) is 0 Å². The average Bonchev–Trinajstić information content (AvgIpc) is 2.80. The normalized spacial score (nSPS) is 23.6. The van der Waals surface area contributed by atoms with Crippen LogP contribution in [0.1, 0.15) is 30.1 Å². The molecule has 3 rings (SSSR count). The van der Waals surface area contributed by atoms with Crippen molar-refractivity contribution in [2.24, 2.45) is 11.8 Å². The van der Waals surface area contributed by atoms with E-state index in [1.54, 1.807) is 31.2 Å². The van der Waals surface area contributed by atoms with Crippen LogP contribution in [-0.4, -0.2) is 24.4 Å². The van der Waals surface area contributed by atoms with Gasteiger partial charge >= 0.3 is 5.97 Å². The van der Waals surface area contributed by atoms with Crippen molar-refractivity contribution < 1.29 is 19.1 Å². The number of anilines is 1. The van der Waals surface area contributed by atoms with Gasteiger partial charge in [0.2, 0.25) is 11.8 Å². The number of allylic oxidation sites excluding steroid dienone is 2. The molecular formula is C17H17NO4. The van der Waals surface area contributed by atoms with Crippen molar-refractivity contribution in [3.63, 3.8) is 0 Å². The third kappa shape index (κ3) is 2.32. The molecule has 0 N–H and O–H groups in total. The minimum atomic E-state index is -0.411. The molecule has 5 nitrogen and oxygen atoms in total. The fraction of sp³-hybridized carbons (Fsp3) is 0.353. The van der Waals surface area contributed by atoms with E-state index in [0.717, 1.165) is 0 Å². The number of carbonyl (C=O) groups excluding carboxylic acids is 3. The number of hydrogen-bond donors (Lipinski definition) is 0. The molecule has 114 valence electrons. The standard InChI is InChI=1S/C17H17NO4/c1-2-22-17(21)11-7-9-12(10-8-11)18-15(19)13-5-3-4-6-14(13)16(18)20/h3-4,7-10,13-14H,2,5-6H2,1H3/t13-,14-/m1/s1. The molecular weight excluding hydrogens is 282 g/mol. The van der Waals surface area contributed by atoms with Gasteiger partial charge in [-0.25, -0.2) is 4.79 Å². The molecule has 2 aliphatic rings. The first kappa shape index (κ1) is 14.5. The molecule has 1 aromatic rings. The highest BCUT2D eigenvalue weighted by molar-refractivity contribution is 6.22. The second kappa shape index (κ2) is 5.75.